The van der Waals surface area contributed by atoms with Crippen molar-refractivity contribution in [2.75, 3.05) is 20.6 Å². The smallest absolute Gasteiger partial charge is 0.274 e. The molecule has 0 bridgehead atoms. The summed E-state index contributed by atoms with van der Waals surface area (Å²) < 4.78 is 0.771. The van der Waals surface area contributed by atoms with E-state index in [9.17, 15) is 10.1 Å². The number of hydrogen-bond donors (Lipinski definition) is 0. The molecule has 0 saturated carbocycles. The SMILES string of the molecule is CCN(Cc1ccc(Br)nc1)C(=C[N+](=O)[O-])N(C)C. The predicted molar refractivity (Wildman–Crippen MR) is 76.8 cm³/mol. The Morgan fingerprint density at radius 2 is 2.21 bits per heavy atom. The number of pyridine rings is 1. The Bertz CT molecular complexity index is 459. The zero-order valence-electron chi connectivity index (χ0n) is 11.2. The van der Waals surface area contributed by atoms with Crippen molar-refractivity contribution in [1.29, 1.82) is 0 Å². The molecular weight excluding hydrogens is 312 g/mol. The minimum absolute atomic E-state index is 0.433. The molecule has 0 fully saturated rings. The standard InChI is InChI=1S/C12H17BrN4O2/c1-4-16(12(15(2)3)9-17(18)19)8-10-5-6-11(13)14-7-10/h5-7,9H,4,8H2,1-3H3. The Balaban J connectivity index is 2.92. The van der Waals surface area contributed by atoms with Crippen LogP contribution in [0.5, 0.6) is 0 Å². The molecule has 0 aliphatic carbocycles. The third-order valence-electron chi connectivity index (χ3n) is 2.55. The maximum Gasteiger partial charge on any atom is 0.274 e. The molecule has 0 atom stereocenters. The predicted octanol–water partition coefficient (Wildman–Crippen LogP) is 2.30. The molecule has 1 aromatic rings. The Morgan fingerprint density at radius 3 is 2.63 bits per heavy atom. The van der Waals surface area contributed by atoms with Crippen LogP contribution in [0.2, 0.25) is 0 Å². The van der Waals surface area contributed by atoms with Crippen molar-refractivity contribution in [3.63, 3.8) is 0 Å². The zero-order valence-corrected chi connectivity index (χ0v) is 12.8. The van der Waals surface area contributed by atoms with Crippen LogP contribution in [0.1, 0.15) is 12.5 Å². The number of nitro groups is 1. The number of rotatable bonds is 6. The first-order valence-electron chi connectivity index (χ1n) is 5.82. The van der Waals surface area contributed by atoms with E-state index < -0.39 is 4.92 Å². The van der Waals surface area contributed by atoms with Gasteiger partial charge in [-0.15, -0.1) is 0 Å². The summed E-state index contributed by atoms with van der Waals surface area (Å²) in [5.74, 6) is 0.565. The maximum atomic E-state index is 10.7. The van der Waals surface area contributed by atoms with Crippen LogP contribution >= 0.6 is 15.9 Å². The van der Waals surface area contributed by atoms with E-state index in [0.29, 0.717) is 18.9 Å². The molecule has 1 heterocycles. The Morgan fingerprint density at radius 1 is 1.53 bits per heavy atom. The number of hydrogen-bond acceptors (Lipinski definition) is 5. The molecule has 0 radical (unpaired) electrons. The van der Waals surface area contributed by atoms with Crippen LogP contribution in [0, 0.1) is 10.1 Å². The second-order valence-electron chi connectivity index (χ2n) is 4.17. The van der Waals surface area contributed by atoms with Gasteiger partial charge in [0.25, 0.3) is 6.20 Å². The van der Waals surface area contributed by atoms with Crippen molar-refractivity contribution in [2.45, 2.75) is 13.5 Å². The molecule has 1 aromatic heterocycles. The minimum atomic E-state index is -0.433. The first-order valence-corrected chi connectivity index (χ1v) is 6.61. The first kappa shape index (κ1) is 15.4. The Hall–Kier alpha value is -1.63. The number of nitrogens with zero attached hydrogens (tertiary/aromatic N) is 4. The lowest BCUT2D eigenvalue weighted by atomic mass is 10.2. The molecule has 104 valence electrons. The Kier molecular flexibility index (Phi) is 5.75. The molecule has 0 N–H and O–H groups in total. The normalized spacial score (nSPS) is 11.3. The van der Waals surface area contributed by atoms with E-state index in [0.717, 1.165) is 16.4 Å². The van der Waals surface area contributed by atoms with Gasteiger partial charge in [0, 0.05) is 33.4 Å². The lowest BCUT2D eigenvalue weighted by molar-refractivity contribution is -0.405. The lowest BCUT2D eigenvalue weighted by Crippen LogP contribution is -2.31. The lowest BCUT2D eigenvalue weighted by Gasteiger charge is -2.28. The van der Waals surface area contributed by atoms with Gasteiger partial charge in [0.15, 0.2) is 5.82 Å². The first-order chi connectivity index (χ1) is 8.93. The van der Waals surface area contributed by atoms with Gasteiger partial charge in [0.2, 0.25) is 0 Å². The highest BCUT2D eigenvalue weighted by Gasteiger charge is 2.14. The largest absolute Gasteiger partial charge is 0.359 e. The molecule has 0 aliphatic heterocycles. The fraction of sp³-hybridized carbons (Fsp3) is 0.417. The van der Waals surface area contributed by atoms with Crippen molar-refractivity contribution in [3.05, 3.63) is 50.6 Å². The molecule has 1 rings (SSSR count). The summed E-state index contributed by atoms with van der Waals surface area (Å²) in [6, 6.07) is 3.80. The highest BCUT2D eigenvalue weighted by atomic mass is 79.9. The maximum absolute atomic E-state index is 10.7. The number of halogens is 1. The fourth-order valence-electron chi connectivity index (χ4n) is 1.65. The second kappa shape index (κ2) is 7.08. The zero-order chi connectivity index (χ0) is 14.4. The van der Waals surface area contributed by atoms with Gasteiger partial charge in [0.1, 0.15) is 4.60 Å². The third kappa shape index (κ3) is 4.86. The van der Waals surface area contributed by atoms with Gasteiger partial charge in [-0.25, -0.2) is 4.98 Å². The van der Waals surface area contributed by atoms with Gasteiger partial charge in [-0.1, -0.05) is 6.07 Å². The van der Waals surface area contributed by atoms with Gasteiger partial charge in [-0.3, -0.25) is 10.1 Å². The summed E-state index contributed by atoms with van der Waals surface area (Å²) in [5.41, 5.74) is 1.00. The average molecular weight is 329 g/mol. The average Bonchev–Trinajstić information content (AvgIpc) is 2.35. The van der Waals surface area contributed by atoms with Gasteiger partial charge >= 0.3 is 0 Å². The van der Waals surface area contributed by atoms with Crippen LogP contribution in [0.15, 0.2) is 35.0 Å². The third-order valence-corrected chi connectivity index (χ3v) is 3.02. The summed E-state index contributed by atoms with van der Waals surface area (Å²) >= 11 is 3.28. The molecule has 0 aliphatic rings. The van der Waals surface area contributed by atoms with Crippen molar-refractivity contribution in [1.82, 2.24) is 14.8 Å². The Labute approximate surface area is 121 Å². The van der Waals surface area contributed by atoms with E-state index in [-0.39, 0.29) is 0 Å². The quantitative estimate of drug-likeness (QED) is 0.455. The van der Waals surface area contributed by atoms with Crippen molar-refractivity contribution in [3.8, 4) is 0 Å². The molecule has 6 nitrogen and oxygen atoms in total. The van der Waals surface area contributed by atoms with E-state index in [1.54, 1.807) is 25.2 Å². The van der Waals surface area contributed by atoms with Crippen LogP contribution in [0.25, 0.3) is 0 Å². The van der Waals surface area contributed by atoms with Crippen molar-refractivity contribution < 1.29 is 4.92 Å². The van der Waals surface area contributed by atoms with Crippen LogP contribution < -0.4 is 0 Å². The highest BCUT2D eigenvalue weighted by Crippen LogP contribution is 2.14. The van der Waals surface area contributed by atoms with E-state index in [1.807, 2.05) is 24.0 Å². The molecule has 19 heavy (non-hydrogen) atoms. The van der Waals surface area contributed by atoms with E-state index in [1.165, 1.54) is 0 Å². The molecule has 0 saturated heterocycles. The van der Waals surface area contributed by atoms with Gasteiger partial charge in [0.05, 0.1) is 4.92 Å². The van der Waals surface area contributed by atoms with E-state index >= 15 is 0 Å². The summed E-state index contributed by atoms with van der Waals surface area (Å²) in [7, 11) is 3.58. The topological polar surface area (TPSA) is 62.5 Å². The van der Waals surface area contributed by atoms with Gasteiger partial charge < -0.3 is 9.80 Å². The summed E-state index contributed by atoms with van der Waals surface area (Å²) in [5, 5.41) is 10.7. The van der Waals surface area contributed by atoms with Gasteiger partial charge in [-0.05, 0) is 34.5 Å². The second-order valence-corrected chi connectivity index (χ2v) is 4.98. The highest BCUT2D eigenvalue weighted by molar-refractivity contribution is 9.10. The molecule has 7 heteroatoms. The van der Waals surface area contributed by atoms with Crippen LogP contribution in [-0.4, -0.2) is 40.3 Å². The van der Waals surface area contributed by atoms with Crippen LogP contribution in [0.4, 0.5) is 0 Å². The fourth-order valence-corrected chi connectivity index (χ4v) is 1.88. The molecule has 0 aromatic carbocycles. The molecular formula is C12H17BrN4O2. The van der Waals surface area contributed by atoms with Crippen LogP contribution in [-0.2, 0) is 6.54 Å². The van der Waals surface area contributed by atoms with Gasteiger partial charge in [-0.2, -0.15) is 0 Å². The monoisotopic (exact) mass is 328 g/mol. The molecule has 0 unspecified atom stereocenters. The molecule has 0 spiro atoms. The summed E-state index contributed by atoms with van der Waals surface area (Å²) in [4.78, 5) is 18.1. The summed E-state index contributed by atoms with van der Waals surface area (Å²) in [6.45, 7) is 3.21. The van der Waals surface area contributed by atoms with E-state index in [2.05, 4.69) is 20.9 Å². The minimum Gasteiger partial charge on any atom is -0.359 e. The molecule has 0 amide bonds. The van der Waals surface area contributed by atoms with E-state index in [4.69, 9.17) is 0 Å². The summed E-state index contributed by atoms with van der Waals surface area (Å²) in [6.07, 6.45) is 2.78. The number of aromatic nitrogens is 1. The van der Waals surface area contributed by atoms with Crippen LogP contribution in [0.3, 0.4) is 0 Å². The van der Waals surface area contributed by atoms with Crippen molar-refractivity contribution in [2.24, 2.45) is 0 Å². The van der Waals surface area contributed by atoms with Crippen molar-refractivity contribution >= 4 is 15.9 Å².